The highest BCUT2D eigenvalue weighted by Gasteiger charge is 2.31. The first-order chi connectivity index (χ1) is 15.3. The topological polar surface area (TPSA) is 78.1 Å². The molecular formula is C25H19ClFN3O2. The van der Waals surface area contributed by atoms with Crippen molar-refractivity contribution >= 4 is 34.1 Å². The summed E-state index contributed by atoms with van der Waals surface area (Å²) in [7, 11) is 0. The largest absolute Gasteiger partial charge is 0.378 e. The Kier molecular flexibility index (Phi) is 5.70. The fraction of sp³-hybridized carbons (Fsp3) is 0.120. The molecule has 4 aromatic rings. The van der Waals surface area contributed by atoms with Crippen LogP contribution >= 0.6 is 11.6 Å². The van der Waals surface area contributed by atoms with Gasteiger partial charge in [0.1, 0.15) is 11.9 Å². The first kappa shape index (κ1) is 21.6. The summed E-state index contributed by atoms with van der Waals surface area (Å²) in [6.07, 6.45) is 1.71. The van der Waals surface area contributed by atoms with Gasteiger partial charge in [0, 0.05) is 28.4 Å². The van der Waals surface area contributed by atoms with Gasteiger partial charge >= 0.3 is 0 Å². The van der Waals surface area contributed by atoms with E-state index in [-0.39, 0.29) is 22.9 Å². The average Bonchev–Trinajstić information content (AvgIpc) is 3.14. The molecule has 0 unspecified atom stereocenters. The molecular weight excluding hydrogens is 429 g/mol. The lowest BCUT2D eigenvalue weighted by molar-refractivity contribution is -0.133. The Hall–Kier alpha value is -3.66. The van der Waals surface area contributed by atoms with E-state index in [0.717, 1.165) is 5.56 Å². The van der Waals surface area contributed by atoms with Gasteiger partial charge in [-0.25, -0.2) is 4.39 Å². The highest BCUT2D eigenvalue weighted by molar-refractivity contribution is 6.32. The van der Waals surface area contributed by atoms with Crippen molar-refractivity contribution < 1.29 is 14.3 Å². The Balaban J connectivity index is 1.61. The van der Waals surface area contributed by atoms with Gasteiger partial charge in [-0.2, -0.15) is 5.26 Å². The molecule has 0 bridgehead atoms. The van der Waals surface area contributed by atoms with Crippen LogP contribution in [0, 0.1) is 17.1 Å². The number of carbonyl (C=O) groups excluding carboxylic acids is 1. The predicted octanol–water partition coefficient (Wildman–Crippen LogP) is 5.36. The van der Waals surface area contributed by atoms with E-state index in [1.54, 1.807) is 29.0 Å². The van der Waals surface area contributed by atoms with Crippen molar-refractivity contribution in [2.24, 2.45) is 0 Å². The number of carbonyl (C=O) groups is 1. The summed E-state index contributed by atoms with van der Waals surface area (Å²) < 4.78 is 16.4. The van der Waals surface area contributed by atoms with Crippen LogP contribution < -0.4 is 5.32 Å². The number of amides is 1. The van der Waals surface area contributed by atoms with Crippen molar-refractivity contribution in [1.82, 2.24) is 4.57 Å². The van der Waals surface area contributed by atoms with Crippen LogP contribution in [-0.4, -0.2) is 21.2 Å². The van der Waals surface area contributed by atoms with E-state index in [9.17, 15) is 14.3 Å². The number of nitriles is 1. The predicted molar refractivity (Wildman–Crippen MR) is 123 cm³/mol. The molecule has 1 atom stereocenters. The molecule has 0 aliphatic rings. The molecule has 0 saturated carbocycles. The van der Waals surface area contributed by atoms with Crippen LogP contribution in [0.15, 0.2) is 72.9 Å². The molecule has 1 aromatic heterocycles. The standard InChI is InChI=1S/C25H19ClFN3O2/c1-25(32,24(31)29-19-8-7-18(14-28)21(26)12-19)15-30-10-9-17-11-22(27)20(13-23(17)30)16-5-3-2-4-6-16/h2-13,32H,15H2,1H3,(H,29,31)/t25-/m0/s1. The molecule has 3 aromatic carbocycles. The fourth-order valence-corrected chi connectivity index (χ4v) is 3.76. The van der Waals surface area contributed by atoms with Crippen molar-refractivity contribution in [2.45, 2.75) is 19.1 Å². The van der Waals surface area contributed by atoms with Gasteiger partial charge in [-0.15, -0.1) is 0 Å². The molecule has 0 aliphatic carbocycles. The quantitative estimate of drug-likeness (QED) is 0.432. The zero-order chi connectivity index (χ0) is 22.9. The number of nitrogens with one attached hydrogen (secondary N) is 1. The van der Waals surface area contributed by atoms with Gasteiger partial charge in [-0.05, 0) is 48.9 Å². The number of halogens is 2. The zero-order valence-electron chi connectivity index (χ0n) is 17.1. The van der Waals surface area contributed by atoms with Crippen LogP contribution in [0.3, 0.4) is 0 Å². The number of fused-ring (bicyclic) bond motifs is 1. The van der Waals surface area contributed by atoms with Crippen molar-refractivity contribution in [3.8, 4) is 17.2 Å². The first-order valence-corrected chi connectivity index (χ1v) is 10.2. The Bertz CT molecular complexity index is 1360. The van der Waals surface area contributed by atoms with Crippen LogP contribution in [-0.2, 0) is 11.3 Å². The summed E-state index contributed by atoms with van der Waals surface area (Å²) in [6, 6.07) is 20.5. The smallest absolute Gasteiger partial charge is 0.257 e. The minimum absolute atomic E-state index is 0.0494. The van der Waals surface area contributed by atoms with Gasteiger partial charge in [-0.1, -0.05) is 41.9 Å². The van der Waals surface area contributed by atoms with Crippen molar-refractivity contribution in [1.29, 1.82) is 5.26 Å². The summed E-state index contributed by atoms with van der Waals surface area (Å²) in [6.45, 7) is 1.35. The number of aliphatic hydroxyl groups is 1. The van der Waals surface area contributed by atoms with E-state index in [1.807, 2.05) is 36.4 Å². The van der Waals surface area contributed by atoms with Crippen LogP contribution in [0.1, 0.15) is 12.5 Å². The third-order valence-corrected chi connectivity index (χ3v) is 5.57. The molecule has 2 N–H and O–H groups in total. The number of aromatic nitrogens is 1. The molecule has 4 rings (SSSR count). The Morgan fingerprint density at radius 1 is 1.19 bits per heavy atom. The molecule has 0 radical (unpaired) electrons. The second kappa shape index (κ2) is 8.46. The Morgan fingerprint density at radius 2 is 1.94 bits per heavy atom. The molecule has 5 nitrogen and oxygen atoms in total. The van der Waals surface area contributed by atoms with Gasteiger partial charge in [0.05, 0.1) is 17.1 Å². The molecule has 32 heavy (non-hydrogen) atoms. The van der Waals surface area contributed by atoms with Crippen LogP contribution in [0.2, 0.25) is 5.02 Å². The summed E-state index contributed by atoms with van der Waals surface area (Å²) in [5.41, 5.74) is 0.755. The van der Waals surface area contributed by atoms with E-state index in [4.69, 9.17) is 16.9 Å². The number of benzene rings is 3. The molecule has 0 fully saturated rings. The highest BCUT2D eigenvalue weighted by Crippen LogP contribution is 2.29. The summed E-state index contributed by atoms with van der Waals surface area (Å²) in [5.74, 6) is -0.978. The van der Waals surface area contributed by atoms with Gasteiger partial charge in [0.25, 0.3) is 5.91 Å². The molecule has 160 valence electrons. The van der Waals surface area contributed by atoms with E-state index in [1.165, 1.54) is 25.1 Å². The van der Waals surface area contributed by atoms with E-state index < -0.39 is 11.5 Å². The van der Waals surface area contributed by atoms with Crippen molar-refractivity contribution in [3.63, 3.8) is 0 Å². The maximum atomic E-state index is 14.7. The summed E-state index contributed by atoms with van der Waals surface area (Å²) >= 11 is 6.01. The number of nitrogens with zero attached hydrogens (tertiary/aromatic N) is 2. The normalized spacial score (nSPS) is 12.8. The van der Waals surface area contributed by atoms with Crippen LogP contribution in [0.5, 0.6) is 0 Å². The zero-order valence-corrected chi connectivity index (χ0v) is 17.9. The third kappa shape index (κ3) is 4.22. The Labute approximate surface area is 189 Å². The minimum atomic E-state index is -1.77. The first-order valence-electron chi connectivity index (χ1n) is 9.86. The average molecular weight is 448 g/mol. The molecule has 1 amide bonds. The van der Waals surface area contributed by atoms with Gasteiger partial charge in [0.2, 0.25) is 0 Å². The van der Waals surface area contributed by atoms with E-state index in [2.05, 4.69) is 5.32 Å². The molecule has 1 heterocycles. The maximum Gasteiger partial charge on any atom is 0.257 e. The highest BCUT2D eigenvalue weighted by atomic mass is 35.5. The lowest BCUT2D eigenvalue weighted by Gasteiger charge is -2.24. The lowest BCUT2D eigenvalue weighted by Crippen LogP contribution is -2.43. The van der Waals surface area contributed by atoms with Crippen LogP contribution in [0.4, 0.5) is 10.1 Å². The number of hydrogen-bond donors (Lipinski definition) is 2. The second-order valence-corrected chi connectivity index (χ2v) is 8.14. The molecule has 7 heteroatoms. The molecule has 0 aliphatic heterocycles. The van der Waals surface area contributed by atoms with Gasteiger partial charge < -0.3 is 15.0 Å². The minimum Gasteiger partial charge on any atom is -0.378 e. The molecule has 0 spiro atoms. The van der Waals surface area contributed by atoms with Gasteiger partial charge in [0.15, 0.2) is 5.60 Å². The van der Waals surface area contributed by atoms with Crippen molar-refractivity contribution in [2.75, 3.05) is 5.32 Å². The number of anilines is 1. The second-order valence-electron chi connectivity index (χ2n) is 7.73. The monoisotopic (exact) mass is 447 g/mol. The van der Waals surface area contributed by atoms with E-state index in [0.29, 0.717) is 22.2 Å². The SMILES string of the molecule is C[C@](O)(Cn1ccc2cc(F)c(-c3ccccc3)cc21)C(=O)Nc1ccc(C#N)c(Cl)c1. The lowest BCUT2D eigenvalue weighted by atomic mass is 10.0. The molecule has 0 saturated heterocycles. The Morgan fingerprint density at radius 3 is 2.62 bits per heavy atom. The maximum absolute atomic E-state index is 14.7. The van der Waals surface area contributed by atoms with Crippen molar-refractivity contribution in [3.05, 3.63) is 89.3 Å². The number of hydrogen-bond acceptors (Lipinski definition) is 3. The van der Waals surface area contributed by atoms with E-state index >= 15 is 0 Å². The summed E-state index contributed by atoms with van der Waals surface area (Å²) in [5, 5.41) is 23.4. The van der Waals surface area contributed by atoms with Crippen LogP contribution in [0.25, 0.3) is 22.0 Å². The fourth-order valence-electron chi connectivity index (χ4n) is 3.54. The van der Waals surface area contributed by atoms with Gasteiger partial charge in [-0.3, -0.25) is 4.79 Å². The third-order valence-electron chi connectivity index (χ3n) is 5.26. The number of rotatable bonds is 5. The summed E-state index contributed by atoms with van der Waals surface area (Å²) in [4.78, 5) is 12.8.